The molecular weight excluding hydrogens is 322 g/mol. The molecule has 1 heterocycles. The second kappa shape index (κ2) is 7.87. The van der Waals surface area contributed by atoms with Crippen molar-refractivity contribution in [2.45, 2.75) is 56.6 Å². The second-order valence-electron chi connectivity index (χ2n) is 6.88. The van der Waals surface area contributed by atoms with Gasteiger partial charge in [0.25, 0.3) is 5.91 Å². The van der Waals surface area contributed by atoms with Gasteiger partial charge in [0.2, 0.25) is 0 Å². The van der Waals surface area contributed by atoms with Crippen LogP contribution in [0.1, 0.15) is 55.3 Å². The molecule has 1 atom stereocenters. The predicted molar refractivity (Wildman–Crippen MR) is 91.8 cm³/mol. The zero-order valence-corrected chi connectivity index (χ0v) is 14.3. The van der Waals surface area contributed by atoms with Crippen LogP contribution in [0.5, 0.6) is 5.75 Å². The third kappa shape index (κ3) is 4.31. The Morgan fingerprint density at radius 2 is 2.04 bits per heavy atom. The van der Waals surface area contributed by atoms with E-state index in [1.165, 1.54) is 0 Å². The Labute approximate surface area is 147 Å². The lowest BCUT2D eigenvalue weighted by Crippen LogP contribution is -2.55. The molecule has 0 radical (unpaired) electrons. The number of rotatable bonds is 6. The number of carbonyl (C=O) groups is 2. The fourth-order valence-corrected chi connectivity index (χ4v) is 3.53. The summed E-state index contributed by atoms with van der Waals surface area (Å²) in [4.78, 5) is 24.3. The van der Waals surface area contributed by atoms with Crippen LogP contribution in [0.4, 0.5) is 0 Å². The first kappa shape index (κ1) is 17.7. The fraction of sp³-hybridized carbons (Fsp3) is 0.579. The van der Waals surface area contributed by atoms with Crippen LogP contribution < -0.4 is 10.1 Å². The molecule has 3 rings (SSSR count). The van der Waals surface area contributed by atoms with Crippen LogP contribution in [0.3, 0.4) is 0 Å². The molecule has 25 heavy (non-hydrogen) atoms. The van der Waals surface area contributed by atoms with Crippen molar-refractivity contribution in [1.29, 1.82) is 0 Å². The molecule has 1 amide bonds. The molecule has 2 aliphatic rings. The van der Waals surface area contributed by atoms with E-state index in [0.717, 1.165) is 38.7 Å². The molecule has 1 aliphatic heterocycles. The minimum Gasteiger partial charge on any atom is -0.491 e. The predicted octanol–water partition coefficient (Wildman–Crippen LogP) is 2.76. The van der Waals surface area contributed by atoms with Gasteiger partial charge in [-0.15, -0.1) is 0 Å². The quantitative estimate of drug-likeness (QED) is 0.826. The second-order valence-corrected chi connectivity index (χ2v) is 6.88. The van der Waals surface area contributed by atoms with E-state index >= 15 is 0 Å². The van der Waals surface area contributed by atoms with E-state index in [9.17, 15) is 14.7 Å². The Bertz CT molecular complexity index is 618. The third-order valence-corrected chi connectivity index (χ3v) is 5.03. The number of hydrogen-bond donors (Lipinski definition) is 2. The summed E-state index contributed by atoms with van der Waals surface area (Å²) in [5.41, 5.74) is -0.736. The highest BCUT2D eigenvalue weighted by atomic mass is 16.5. The van der Waals surface area contributed by atoms with Crippen molar-refractivity contribution in [1.82, 2.24) is 5.32 Å². The average Bonchev–Trinajstić information content (AvgIpc) is 3.14. The summed E-state index contributed by atoms with van der Waals surface area (Å²) in [6.07, 6.45) is 5.74. The maximum absolute atomic E-state index is 12.6. The number of aliphatic carboxylic acids is 1. The van der Waals surface area contributed by atoms with E-state index in [4.69, 9.17) is 9.47 Å². The number of hydrogen-bond acceptors (Lipinski definition) is 4. The first-order chi connectivity index (χ1) is 12.1. The largest absolute Gasteiger partial charge is 0.491 e. The van der Waals surface area contributed by atoms with Crippen molar-refractivity contribution in [2.75, 3.05) is 13.2 Å². The molecule has 2 N–H and O–H groups in total. The highest BCUT2D eigenvalue weighted by Gasteiger charge is 2.41. The molecule has 1 aliphatic carbocycles. The van der Waals surface area contributed by atoms with Gasteiger partial charge in [-0.3, -0.25) is 4.79 Å². The Morgan fingerprint density at radius 1 is 1.24 bits per heavy atom. The lowest BCUT2D eigenvalue weighted by molar-refractivity contribution is -0.145. The standard InChI is InChI=1S/C19H25NO5/c21-17(20-19(18(22)23)9-2-1-3-10-19)14-6-4-7-15(12-14)25-13-16-8-5-11-24-16/h4,6-7,12,16H,1-3,5,8-11,13H2,(H,20,21)(H,22,23). The maximum atomic E-state index is 12.6. The molecule has 1 saturated heterocycles. The van der Waals surface area contributed by atoms with E-state index in [-0.39, 0.29) is 12.0 Å². The maximum Gasteiger partial charge on any atom is 0.329 e. The van der Waals surface area contributed by atoms with Crippen LogP contribution in [0.2, 0.25) is 0 Å². The van der Waals surface area contributed by atoms with Crippen LogP contribution in [0.25, 0.3) is 0 Å². The molecule has 6 heteroatoms. The molecular formula is C19H25NO5. The van der Waals surface area contributed by atoms with Gasteiger partial charge in [-0.25, -0.2) is 4.79 Å². The van der Waals surface area contributed by atoms with Gasteiger partial charge in [-0.05, 0) is 43.9 Å². The molecule has 0 spiro atoms. The van der Waals surface area contributed by atoms with Crippen molar-refractivity contribution < 1.29 is 24.2 Å². The smallest absolute Gasteiger partial charge is 0.329 e. The molecule has 0 bridgehead atoms. The van der Waals surface area contributed by atoms with Crippen molar-refractivity contribution in [3.8, 4) is 5.75 Å². The van der Waals surface area contributed by atoms with Crippen LogP contribution in [0.15, 0.2) is 24.3 Å². The molecule has 1 saturated carbocycles. The summed E-state index contributed by atoms with van der Waals surface area (Å²) in [5.74, 6) is -0.727. The Morgan fingerprint density at radius 3 is 2.72 bits per heavy atom. The number of carboxylic acids is 1. The number of carboxylic acid groups (broad SMARTS) is 1. The van der Waals surface area contributed by atoms with Gasteiger partial charge in [0.05, 0.1) is 6.10 Å². The lowest BCUT2D eigenvalue weighted by atomic mass is 9.81. The number of amides is 1. The van der Waals surface area contributed by atoms with E-state index in [2.05, 4.69) is 5.32 Å². The van der Waals surface area contributed by atoms with Crippen molar-refractivity contribution in [2.24, 2.45) is 0 Å². The normalized spacial score (nSPS) is 22.3. The summed E-state index contributed by atoms with van der Waals surface area (Å²) in [6.45, 7) is 1.23. The van der Waals surface area contributed by atoms with Gasteiger partial charge in [0.15, 0.2) is 0 Å². The highest BCUT2D eigenvalue weighted by Crippen LogP contribution is 2.29. The SMILES string of the molecule is O=C(NC1(C(=O)O)CCCCC1)c1cccc(OCC2CCCO2)c1. The van der Waals surface area contributed by atoms with Gasteiger partial charge in [-0.2, -0.15) is 0 Å². The summed E-state index contributed by atoms with van der Waals surface area (Å²) in [5, 5.41) is 12.3. The van der Waals surface area contributed by atoms with Crippen molar-refractivity contribution >= 4 is 11.9 Å². The van der Waals surface area contributed by atoms with Gasteiger partial charge in [0, 0.05) is 12.2 Å². The Kier molecular flexibility index (Phi) is 5.58. The lowest BCUT2D eigenvalue weighted by Gasteiger charge is -2.34. The van der Waals surface area contributed by atoms with Crippen LogP contribution in [-0.4, -0.2) is 41.8 Å². The molecule has 0 aromatic heterocycles. The van der Waals surface area contributed by atoms with E-state index < -0.39 is 11.5 Å². The topological polar surface area (TPSA) is 84.9 Å². The number of carbonyl (C=O) groups excluding carboxylic acids is 1. The Hall–Kier alpha value is -2.08. The number of benzene rings is 1. The van der Waals surface area contributed by atoms with Crippen LogP contribution in [-0.2, 0) is 9.53 Å². The van der Waals surface area contributed by atoms with Crippen molar-refractivity contribution in [3.63, 3.8) is 0 Å². The van der Waals surface area contributed by atoms with E-state index in [1.54, 1.807) is 24.3 Å². The fourth-order valence-electron chi connectivity index (χ4n) is 3.53. The van der Waals surface area contributed by atoms with E-state index in [0.29, 0.717) is 30.8 Å². The third-order valence-electron chi connectivity index (χ3n) is 5.03. The average molecular weight is 347 g/mol. The molecule has 1 unspecified atom stereocenters. The summed E-state index contributed by atoms with van der Waals surface area (Å²) >= 11 is 0. The molecule has 136 valence electrons. The zero-order chi connectivity index (χ0) is 17.7. The molecule has 2 fully saturated rings. The molecule has 1 aromatic carbocycles. The van der Waals surface area contributed by atoms with Crippen LogP contribution >= 0.6 is 0 Å². The summed E-state index contributed by atoms with van der Waals surface area (Å²) in [7, 11) is 0. The minimum absolute atomic E-state index is 0.106. The molecule has 6 nitrogen and oxygen atoms in total. The number of ether oxygens (including phenoxy) is 2. The van der Waals surface area contributed by atoms with Crippen molar-refractivity contribution in [3.05, 3.63) is 29.8 Å². The highest BCUT2D eigenvalue weighted by molar-refractivity contribution is 5.98. The van der Waals surface area contributed by atoms with Gasteiger partial charge >= 0.3 is 5.97 Å². The first-order valence-corrected chi connectivity index (χ1v) is 8.99. The minimum atomic E-state index is -1.15. The van der Waals surface area contributed by atoms with Gasteiger partial charge < -0.3 is 19.9 Å². The zero-order valence-electron chi connectivity index (χ0n) is 14.3. The summed E-state index contributed by atoms with van der Waals surface area (Å²) in [6, 6.07) is 6.86. The van der Waals surface area contributed by atoms with Crippen LogP contribution in [0, 0.1) is 0 Å². The first-order valence-electron chi connectivity index (χ1n) is 8.99. The van der Waals surface area contributed by atoms with Gasteiger partial charge in [-0.1, -0.05) is 25.3 Å². The number of nitrogens with one attached hydrogen (secondary N) is 1. The Balaban J connectivity index is 1.64. The summed E-state index contributed by atoms with van der Waals surface area (Å²) < 4.78 is 11.2. The monoisotopic (exact) mass is 347 g/mol. The molecule has 1 aromatic rings. The van der Waals surface area contributed by atoms with Gasteiger partial charge in [0.1, 0.15) is 17.9 Å². The van der Waals surface area contributed by atoms with E-state index in [1.807, 2.05) is 0 Å².